The van der Waals surface area contributed by atoms with Crippen LogP contribution in [-0.2, 0) is 6.42 Å². The van der Waals surface area contributed by atoms with E-state index < -0.39 is 0 Å². The van der Waals surface area contributed by atoms with Crippen molar-refractivity contribution in [2.45, 2.75) is 38.3 Å². The summed E-state index contributed by atoms with van der Waals surface area (Å²) in [6.07, 6.45) is 7.17. The molecule has 4 rings (SSSR count). The smallest absolute Gasteiger partial charge is 0.225 e. The molecule has 0 N–H and O–H groups in total. The molecule has 2 saturated heterocycles. The van der Waals surface area contributed by atoms with E-state index in [-0.39, 0.29) is 0 Å². The number of aryl methyl sites for hydroxylation is 1. The van der Waals surface area contributed by atoms with Crippen molar-refractivity contribution in [2.75, 3.05) is 22.9 Å². The third-order valence-corrected chi connectivity index (χ3v) is 5.25. The molecular weight excluding hydrogens is 284 g/mol. The van der Waals surface area contributed by atoms with E-state index >= 15 is 0 Å². The lowest BCUT2D eigenvalue weighted by atomic mass is 10.1. The van der Waals surface area contributed by atoms with Crippen LogP contribution in [0.15, 0.2) is 17.9 Å². The first kappa shape index (κ1) is 12.9. The molecule has 6 nitrogen and oxygen atoms in total. The Bertz CT molecular complexity index is 598. The molecule has 0 aliphatic carbocycles. The van der Waals surface area contributed by atoms with Crippen molar-refractivity contribution in [2.24, 2.45) is 0 Å². The van der Waals surface area contributed by atoms with Crippen LogP contribution in [0, 0.1) is 0 Å². The summed E-state index contributed by atoms with van der Waals surface area (Å²) >= 11 is 1.63. The highest BCUT2D eigenvalue weighted by Crippen LogP contribution is 2.36. The van der Waals surface area contributed by atoms with E-state index in [1.54, 1.807) is 11.3 Å². The second-order valence-corrected chi connectivity index (χ2v) is 6.38. The fourth-order valence-electron chi connectivity index (χ4n) is 3.44. The summed E-state index contributed by atoms with van der Waals surface area (Å²) in [5.41, 5.74) is 3.00. The van der Waals surface area contributed by atoms with Gasteiger partial charge in [-0.05, 0) is 24.8 Å². The highest BCUT2D eigenvalue weighted by Gasteiger charge is 2.44. The summed E-state index contributed by atoms with van der Waals surface area (Å²) < 4.78 is 0. The Hall–Kier alpha value is -1.76. The van der Waals surface area contributed by atoms with Crippen molar-refractivity contribution >= 4 is 22.4 Å². The van der Waals surface area contributed by atoms with Crippen molar-refractivity contribution in [3.05, 3.63) is 23.5 Å². The van der Waals surface area contributed by atoms with Crippen LogP contribution in [0.4, 0.5) is 11.1 Å². The minimum Gasteiger partial charge on any atom is -0.341 e. The number of fused-ring (bicyclic) bond motifs is 1. The van der Waals surface area contributed by atoms with Crippen molar-refractivity contribution in [3.8, 4) is 0 Å². The first-order valence-electron chi connectivity index (χ1n) is 7.47. The van der Waals surface area contributed by atoms with Crippen LogP contribution in [0.25, 0.3) is 0 Å². The maximum atomic E-state index is 4.55. The number of anilines is 2. The summed E-state index contributed by atoms with van der Waals surface area (Å²) in [6, 6.07) is 1.02. The van der Waals surface area contributed by atoms with E-state index in [1.807, 2.05) is 17.9 Å². The van der Waals surface area contributed by atoms with E-state index in [2.05, 4.69) is 36.9 Å². The molecule has 0 saturated carbocycles. The largest absolute Gasteiger partial charge is 0.341 e. The van der Waals surface area contributed by atoms with Gasteiger partial charge in [0.15, 0.2) is 0 Å². The Kier molecular flexibility index (Phi) is 3.21. The van der Waals surface area contributed by atoms with Gasteiger partial charge < -0.3 is 9.80 Å². The van der Waals surface area contributed by atoms with E-state index in [4.69, 9.17) is 0 Å². The van der Waals surface area contributed by atoms with Crippen molar-refractivity contribution in [1.29, 1.82) is 0 Å². The van der Waals surface area contributed by atoms with Gasteiger partial charge in [0.1, 0.15) is 5.51 Å². The normalized spacial score (nSPS) is 24.6. The van der Waals surface area contributed by atoms with Gasteiger partial charge >= 0.3 is 0 Å². The highest BCUT2D eigenvalue weighted by atomic mass is 32.1. The van der Waals surface area contributed by atoms with Gasteiger partial charge in [0, 0.05) is 25.5 Å². The lowest BCUT2D eigenvalue weighted by molar-refractivity contribution is 0.636. The van der Waals surface area contributed by atoms with Crippen molar-refractivity contribution in [1.82, 2.24) is 20.2 Å². The van der Waals surface area contributed by atoms with Crippen molar-refractivity contribution in [3.63, 3.8) is 0 Å². The number of aromatic nitrogens is 4. The Labute approximate surface area is 127 Å². The molecule has 0 bridgehead atoms. The third kappa shape index (κ3) is 2.16. The van der Waals surface area contributed by atoms with Crippen LogP contribution in [0.5, 0.6) is 0 Å². The van der Waals surface area contributed by atoms with Gasteiger partial charge in [-0.25, -0.2) is 9.97 Å². The maximum absolute atomic E-state index is 4.55. The molecule has 110 valence electrons. The first-order valence-corrected chi connectivity index (χ1v) is 8.35. The minimum absolute atomic E-state index is 0.501. The van der Waals surface area contributed by atoms with Gasteiger partial charge in [-0.2, -0.15) is 0 Å². The van der Waals surface area contributed by atoms with Gasteiger partial charge in [0.25, 0.3) is 0 Å². The van der Waals surface area contributed by atoms with Crippen LogP contribution in [0.3, 0.4) is 0 Å². The van der Waals surface area contributed by atoms with E-state index in [0.717, 1.165) is 43.4 Å². The second kappa shape index (κ2) is 5.22. The fourth-order valence-corrected chi connectivity index (χ4v) is 4.09. The molecule has 2 aliphatic heterocycles. The maximum Gasteiger partial charge on any atom is 0.225 e. The molecule has 7 heteroatoms. The third-order valence-electron chi connectivity index (χ3n) is 4.53. The molecule has 0 amide bonds. The Morgan fingerprint density at radius 1 is 1.14 bits per heavy atom. The average molecular weight is 302 g/mol. The Balaban J connectivity index is 1.55. The summed E-state index contributed by atoms with van der Waals surface area (Å²) in [7, 11) is 0. The SMILES string of the molecule is CCc1cnc(N2CC[C@@H]3[C@H]2CCN3c2nncs2)nc1. The molecule has 2 atom stereocenters. The van der Waals surface area contributed by atoms with Crippen molar-refractivity contribution < 1.29 is 0 Å². The minimum atomic E-state index is 0.501. The van der Waals surface area contributed by atoms with E-state index in [1.165, 1.54) is 5.56 Å². The Morgan fingerprint density at radius 2 is 1.86 bits per heavy atom. The number of hydrogen-bond acceptors (Lipinski definition) is 7. The van der Waals surface area contributed by atoms with Crippen LogP contribution in [0.2, 0.25) is 0 Å². The quantitative estimate of drug-likeness (QED) is 0.861. The first-order chi connectivity index (χ1) is 10.4. The predicted octanol–water partition coefficient (Wildman–Crippen LogP) is 1.75. The predicted molar refractivity (Wildman–Crippen MR) is 82.8 cm³/mol. The molecule has 21 heavy (non-hydrogen) atoms. The number of nitrogens with zero attached hydrogens (tertiary/aromatic N) is 6. The summed E-state index contributed by atoms with van der Waals surface area (Å²) in [6.45, 7) is 4.20. The van der Waals surface area contributed by atoms with Crippen LogP contribution in [-0.4, -0.2) is 45.3 Å². The average Bonchev–Trinajstić information content (AvgIpc) is 3.24. The molecule has 0 spiro atoms. The van der Waals surface area contributed by atoms with E-state index in [0.29, 0.717) is 12.1 Å². The van der Waals surface area contributed by atoms with Gasteiger partial charge in [-0.3, -0.25) is 0 Å². The lowest BCUT2D eigenvalue weighted by Gasteiger charge is -2.25. The zero-order valence-corrected chi connectivity index (χ0v) is 12.8. The molecule has 2 fully saturated rings. The topological polar surface area (TPSA) is 58.0 Å². The van der Waals surface area contributed by atoms with Gasteiger partial charge in [0.2, 0.25) is 11.1 Å². The molecule has 0 aromatic carbocycles. The number of hydrogen-bond donors (Lipinski definition) is 0. The lowest BCUT2D eigenvalue weighted by Crippen LogP contribution is -2.37. The molecule has 0 unspecified atom stereocenters. The fraction of sp³-hybridized carbons (Fsp3) is 0.571. The zero-order chi connectivity index (χ0) is 14.2. The summed E-state index contributed by atoms with van der Waals surface area (Å²) in [5.74, 6) is 0.874. The van der Waals surface area contributed by atoms with Gasteiger partial charge in [-0.15, -0.1) is 10.2 Å². The van der Waals surface area contributed by atoms with Crippen LogP contribution in [0.1, 0.15) is 25.3 Å². The molecule has 2 aromatic heterocycles. The van der Waals surface area contributed by atoms with Gasteiger partial charge in [-0.1, -0.05) is 18.3 Å². The van der Waals surface area contributed by atoms with Crippen LogP contribution >= 0.6 is 11.3 Å². The summed E-state index contributed by atoms with van der Waals surface area (Å²) in [5, 5.41) is 9.24. The molecule has 2 aromatic rings. The zero-order valence-electron chi connectivity index (χ0n) is 12.0. The second-order valence-electron chi connectivity index (χ2n) is 5.57. The molecule has 4 heterocycles. The highest BCUT2D eigenvalue weighted by molar-refractivity contribution is 7.13. The van der Waals surface area contributed by atoms with Gasteiger partial charge in [0.05, 0.1) is 12.1 Å². The molecule has 0 radical (unpaired) electrons. The van der Waals surface area contributed by atoms with Crippen LogP contribution < -0.4 is 9.80 Å². The van der Waals surface area contributed by atoms with E-state index in [9.17, 15) is 0 Å². The molecular formula is C14H18N6S. The number of rotatable bonds is 3. The standard InChI is InChI=1S/C14H18N6S/c1-2-10-7-15-13(16-8-10)19-5-3-12-11(19)4-6-20(12)14-18-17-9-21-14/h7-9,11-12H,2-6H2,1H3/t11-,12-/m1/s1. The Morgan fingerprint density at radius 3 is 2.52 bits per heavy atom. The monoisotopic (exact) mass is 302 g/mol. The molecule has 2 aliphatic rings. The summed E-state index contributed by atoms with van der Waals surface area (Å²) in [4.78, 5) is 13.9.